The normalized spacial score (nSPS) is 17.1. The van der Waals surface area contributed by atoms with Gasteiger partial charge in [0.15, 0.2) is 6.61 Å². The third-order valence-corrected chi connectivity index (χ3v) is 5.61. The van der Waals surface area contributed by atoms with Gasteiger partial charge >= 0.3 is 5.97 Å². The van der Waals surface area contributed by atoms with Crippen LogP contribution in [0.15, 0.2) is 42.5 Å². The zero-order chi connectivity index (χ0) is 23.0. The number of hydrogen-bond acceptors (Lipinski definition) is 7. The fourth-order valence-electron chi connectivity index (χ4n) is 4.07. The zero-order valence-corrected chi connectivity index (χ0v) is 17.1. The molecule has 0 fully saturated rings. The molecule has 0 N–H and O–H groups in total. The number of nitro benzene ring substituents is 1. The number of aryl methyl sites for hydroxylation is 1. The number of nitrogens with zero attached hydrogens (tertiary/aromatic N) is 3. The van der Waals surface area contributed by atoms with Crippen LogP contribution in [-0.4, -0.2) is 52.7 Å². The first kappa shape index (κ1) is 21.2. The quantitative estimate of drug-likeness (QED) is 0.303. The molecule has 1 atom stereocenters. The molecular weight excluding hydrogens is 418 g/mol. The van der Waals surface area contributed by atoms with Gasteiger partial charge in [0.2, 0.25) is 0 Å². The summed E-state index contributed by atoms with van der Waals surface area (Å²) in [6.07, 6.45) is 1.61. The van der Waals surface area contributed by atoms with E-state index < -0.39 is 47.5 Å². The van der Waals surface area contributed by atoms with Crippen molar-refractivity contribution < 1.29 is 28.8 Å². The Kier molecular flexibility index (Phi) is 5.43. The minimum atomic E-state index is -0.964. The maximum atomic E-state index is 12.8. The van der Waals surface area contributed by atoms with Crippen molar-refractivity contribution in [3.63, 3.8) is 0 Å². The number of carbonyl (C=O) groups is 4. The van der Waals surface area contributed by atoms with Crippen LogP contribution in [0.2, 0.25) is 0 Å². The van der Waals surface area contributed by atoms with E-state index in [2.05, 4.69) is 0 Å². The van der Waals surface area contributed by atoms with E-state index in [1.807, 2.05) is 31.2 Å². The number of hydrogen-bond donors (Lipinski definition) is 0. The first-order valence-electron chi connectivity index (χ1n) is 9.98. The van der Waals surface area contributed by atoms with E-state index in [9.17, 15) is 29.3 Å². The molecule has 3 amide bonds. The Morgan fingerprint density at radius 2 is 1.88 bits per heavy atom. The van der Waals surface area contributed by atoms with Gasteiger partial charge in [0, 0.05) is 17.8 Å². The van der Waals surface area contributed by atoms with Gasteiger partial charge in [0.25, 0.3) is 23.4 Å². The molecule has 2 aromatic rings. The third kappa shape index (κ3) is 3.59. The zero-order valence-electron chi connectivity index (χ0n) is 17.1. The maximum Gasteiger partial charge on any atom is 0.326 e. The van der Waals surface area contributed by atoms with Crippen LogP contribution in [0.1, 0.15) is 39.6 Å². The molecule has 2 aromatic carbocycles. The molecule has 0 spiro atoms. The summed E-state index contributed by atoms with van der Waals surface area (Å²) in [5.74, 6) is -3.15. The van der Waals surface area contributed by atoms with Gasteiger partial charge in [0.05, 0.1) is 10.5 Å². The van der Waals surface area contributed by atoms with Crippen molar-refractivity contribution >= 4 is 35.1 Å². The molecule has 0 saturated carbocycles. The number of ether oxygens (including phenoxy) is 1. The molecule has 32 heavy (non-hydrogen) atoms. The Morgan fingerprint density at radius 3 is 2.62 bits per heavy atom. The summed E-state index contributed by atoms with van der Waals surface area (Å²) in [6.45, 7) is 0.602. The number of amides is 3. The SMILES string of the molecule is CC1CCc2ccccc2N1C(=O)COC(=O)CN1C(=O)c2cccc([N+](=O)[O-])c2C1=O. The fourth-order valence-corrected chi connectivity index (χ4v) is 4.07. The Labute approximate surface area is 182 Å². The fraction of sp³-hybridized carbons (Fsp3) is 0.273. The third-order valence-electron chi connectivity index (χ3n) is 5.61. The summed E-state index contributed by atoms with van der Waals surface area (Å²) >= 11 is 0. The van der Waals surface area contributed by atoms with E-state index in [0.29, 0.717) is 4.90 Å². The molecule has 164 valence electrons. The second-order valence-electron chi connectivity index (χ2n) is 7.59. The number of anilines is 1. The van der Waals surface area contributed by atoms with Gasteiger partial charge in [-0.1, -0.05) is 24.3 Å². The Hall–Kier alpha value is -4.08. The molecule has 10 nitrogen and oxygen atoms in total. The van der Waals surface area contributed by atoms with Gasteiger partial charge in [-0.05, 0) is 37.5 Å². The summed E-state index contributed by atoms with van der Waals surface area (Å²) in [4.78, 5) is 62.7. The second-order valence-corrected chi connectivity index (χ2v) is 7.59. The molecule has 2 aliphatic heterocycles. The predicted molar refractivity (Wildman–Crippen MR) is 111 cm³/mol. The van der Waals surface area contributed by atoms with Crippen LogP contribution in [0.4, 0.5) is 11.4 Å². The molecule has 10 heteroatoms. The minimum Gasteiger partial charge on any atom is -0.454 e. The average molecular weight is 437 g/mol. The highest BCUT2D eigenvalue weighted by molar-refractivity contribution is 6.24. The van der Waals surface area contributed by atoms with Crippen LogP contribution < -0.4 is 4.90 Å². The van der Waals surface area contributed by atoms with Crippen molar-refractivity contribution in [2.24, 2.45) is 0 Å². The lowest BCUT2D eigenvalue weighted by Crippen LogP contribution is -2.44. The summed E-state index contributed by atoms with van der Waals surface area (Å²) in [5.41, 5.74) is 0.777. The largest absolute Gasteiger partial charge is 0.454 e. The molecule has 2 aliphatic rings. The molecule has 0 bridgehead atoms. The Bertz CT molecular complexity index is 1160. The van der Waals surface area contributed by atoms with Gasteiger partial charge in [0.1, 0.15) is 12.1 Å². The number of rotatable bonds is 5. The van der Waals surface area contributed by atoms with Crippen molar-refractivity contribution in [1.82, 2.24) is 4.90 Å². The van der Waals surface area contributed by atoms with E-state index in [-0.39, 0.29) is 17.2 Å². The van der Waals surface area contributed by atoms with E-state index in [1.54, 1.807) is 4.90 Å². The molecule has 0 aromatic heterocycles. The van der Waals surface area contributed by atoms with Crippen LogP contribution in [0.3, 0.4) is 0 Å². The summed E-state index contributed by atoms with van der Waals surface area (Å²) in [5, 5.41) is 11.2. The van der Waals surface area contributed by atoms with Crippen molar-refractivity contribution in [3.05, 3.63) is 69.3 Å². The Balaban J connectivity index is 1.42. The van der Waals surface area contributed by atoms with Gasteiger partial charge in [-0.25, -0.2) is 0 Å². The number of fused-ring (bicyclic) bond motifs is 2. The lowest BCUT2D eigenvalue weighted by molar-refractivity contribution is -0.385. The maximum absolute atomic E-state index is 12.8. The van der Waals surface area contributed by atoms with Crippen LogP contribution >= 0.6 is 0 Å². The van der Waals surface area contributed by atoms with Gasteiger partial charge in [-0.3, -0.25) is 34.2 Å². The predicted octanol–water partition coefficient (Wildman–Crippen LogP) is 2.10. The molecule has 1 unspecified atom stereocenters. The first-order chi connectivity index (χ1) is 15.3. The average Bonchev–Trinajstić information content (AvgIpc) is 3.02. The summed E-state index contributed by atoms with van der Waals surface area (Å²) < 4.78 is 5.05. The number of carbonyl (C=O) groups excluding carboxylic acids is 4. The number of benzene rings is 2. The monoisotopic (exact) mass is 437 g/mol. The molecule has 4 rings (SSSR count). The topological polar surface area (TPSA) is 127 Å². The molecular formula is C22H19N3O7. The van der Waals surface area contributed by atoms with Crippen LogP contribution in [-0.2, 0) is 20.7 Å². The van der Waals surface area contributed by atoms with E-state index in [4.69, 9.17) is 4.74 Å². The smallest absolute Gasteiger partial charge is 0.326 e. The number of imide groups is 1. The van der Waals surface area contributed by atoms with Crippen molar-refractivity contribution in [2.45, 2.75) is 25.8 Å². The van der Waals surface area contributed by atoms with Crippen molar-refractivity contribution in [3.8, 4) is 0 Å². The van der Waals surface area contributed by atoms with E-state index >= 15 is 0 Å². The van der Waals surface area contributed by atoms with Gasteiger partial charge in [-0.2, -0.15) is 0 Å². The molecule has 0 saturated heterocycles. The lowest BCUT2D eigenvalue weighted by Gasteiger charge is -2.35. The van der Waals surface area contributed by atoms with Crippen LogP contribution in [0, 0.1) is 10.1 Å². The molecule has 2 heterocycles. The highest BCUT2D eigenvalue weighted by Crippen LogP contribution is 2.31. The second kappa shape index (κ2) is 8.22. The standard InChI is InChI=1S/C22H19N3O7/c1-13-9-10-14-5-2-3-7-16(14)24(13)18(26)12-32-19(27)11-23-21(28)15-6-4-8-17(25(30)31)20(15)22(23)29/h2-8,13H,9-12H2,1H3. The first-order valence-corrected chi connectivity index (χ1v) is 9.98. The summed E-state index contributed by atoms with van der Waals surface area (Å²) in [6, 6.07) is 11.1. The number of nitro groups is 1. The summed E-state index contributed by atoms with van der Waals surface area (Å²) in [7, 11) is 0. The highest BCUT2D eigenvalue weighted by atomic mass is 16.6. The van der Waals surface area contributed by atoms with Crippen LogP contribution in [0.25, 0.3) is 0 Å². The van der Waals surface area contributed by atoms with Gasteiger partial charge in [-0.15, -0.1) is 0 Å². The highest BCUT2D eigenvalue weighted by Gasteiger charge is 2.42. The van der Waals surface area contributed by atoms with Gasteiger partial charge < -0.3 is 9.64 Å². The lowest BCUT2D eigenvalue weighted by atomic mass is 9.96. The number of para-hydroxylation sites is 1. The van der Waals surface area contributed by atoms with Crippen molar-refractivity contribution in [1.29, 1.82) is 0 Å². The minimum absolute atomic E-state index is 0.0760. The Morgan fingerprint density at radius 1 is 1.12 bits per heavy atom. The van der Waals surface area contributed by atoms with E-state index in [1.165, 1.54) is 12.1 Å². The molecule has 0 radical (unpaired) electrons. The molecule has 0 aliphatic carbocycles. The van der Waals surface area contributed by atoms with Crippen LogP contribution in [0.5, 0.6) is 0 Å². The van der Waals surface area contributed by atoms with Crippen molar-refractivity contribution in [2.75, 3.05) is 18.1 Å². The van der Waals surface area contributed by atoms with E-state index in [0.717, 1.165) is 30.2 Å². The number of esters is 1.